The SMILES string of the molecule is Cc1cc(=O)n(CC(CS)C(C)(C)C)c(C)n1. The molecule has 3 nitrogen and oxygen atoms in total. The van der Waals surface area contributed by atoms with E-state index in [9.17, 15) is 4.79 Å². The number of aryl methyl sites for hydroxylation is 2. The third-order valence-corrected chi connectivity index (χ3v) is 3.62. The van der Waals surface area contributed by atoms with E-state index >= 15 is 0 Å². The maximum Gasteiger partial charge on any atom is 0.253 e. The third kappa shape index (κ3) is 3.60. The zero-order chi connectivity index (χ0) is 13.2. The highest BCUT2D eigenvalue weighted by Gasteiger charge is 2.24. The predicted molar refractivity (Wildman–Crippen MR) is 74.8 cm³/mol. The highest BCUT2D eigenvalue weighted by atomic mass is 32.1. The number of hydrogen-bond donors (Lipinski definition) is 1. The Bertz CT molecular complexity index is 446. The van der Waals surface area contributed by atoms with Crippen LogP contribution in [0.15, 0.2) is 10.9 Å². The molecule has 96 valence electrons. The van der Waals surface area contributed by atoms with Crippen LogP contribution >= 0.6 is 12.6 Å². The molecule has 1 heterocycles. The van der Waals surface area contributed by atoms with Crippen molar-refractivity contribution in [3.05, 3.63) is 27.9 Å². The van der Waals surface area contributed by atoms with Crippen LogP contribution in [0.3, 0.4) is 0 Å². The number of thiol groups is 1. The monoisotopic (exact) mass is 254 g/mol. The Kier molecular flexibility index (Phi) is 4.42. The molecule has 0 radical (unpaired) electrons. The molecule has 0 saturated heterocycles. The number of rotatable bonds is 3. The summed E-state index contributed by atoms with van der Waals surface area (Å²) in [6.07, 6.45) is 0. The summed E-state index contributed by atoms with van der Waals surface area (Å²) in [5, 5.41) is 0. The molecule has 0 aliphatic rings. The highest BCUT2D eigenvalue weighted by Crippen LogP contribution is 2.28. The number of aromatic nitrogens is 2. The molecule has 4 heteroatoms. The van der Waals surface area contributed by atoms with Gasteiger partial charge >= 0.3 is 0 Å². The molecule has 0 amide bonds. The second kappa shape index (κ2) is 5.25. The molecule has 1 rings (SSSR count). The lowest BCUT2D eigenvalue weighted by Crippen LogP contribution is -2.33. The van der Waals surface area contributed by atoms with Crippen LogP contribution < -0.4 is 5.56 Å². The lowest BCUT2D eigenvalue weighted by atomic mass is 9.82. The van der Waals surface area contributed by atoms with Gasteiger partial charge in [-0.3, -0.25) is 9.36 Å². The van der Waals surface area contributed by atoms with Gasteiger partial charge in [-0.1, -0.05) is 20.8 Å². The van der Waals surface area contributed by atoms with Crippen molar-refractivity contribution in [1.29, 1.82) is 0 Å². The summed E-state index contributed by atoms with van der Waals surface area (Å²) in [6, 6.07) is 1.59. The number of hydrogen-bond acceptors (Lipinski definition) is 3. The standard InChI is InChI=1S/C13H22N2OS/c1-9-6-12(16)15(10(2)14-9)7-11(8-17)13(3,4)5/h6,11,17H,7-8H2,1-5H3. The molecular formula is C13H22N2OS. The van der Waals surface area contributed by atoms with Crippen LogP contribution in [0.4, 0.5) is 0 Å². The highest BCUT2D eigenvalue weighted by molar-refractivity contribution is 7.80. The van der Waals surface area contributed by atoms with E-state index in [0.29, 0.717) is 12.5 Å². The Labute approximate surface area is 109 Å². The summed E-state index contributed by atoms with van der Waals surface area (Å²) in [6.45, 7) is 10.9. The fourth-order valence-electron chi connectivity index (χ4n) is 1.81. The zero-order valence-corrected chi connectivity index (χ0v) is 12.2. The van der Waals surface area contributed by atoms with E-state index in [2.05, 4.69) is 38.4 Å². The minimum atomic E-state index is 0.0334. The van der Waals surface area contributed by atoms with Gasteiger partial charge in [0.15, 0.2) is 0 Å². The van der Waals surface area contributed by atoms with E-state index in [0.717, 1.165) is 17.3 Å². The van der Waals surface area contributed by atoms with Crippen LogP contribution in [0, 0.1) is 25.2 Å². The van der Waals surface area contributed by atoms with Gasteiger partial charge in [0.2, 0.25) is 0 Å². The summed E-state index contributed by atoms with van der Waals surface area (Å²) in [4.78, 5) is 16.3. The molecule has 1 atom stereocenters. The molecule has 0 aliphatic carbocycles. The normalized spacial score (nSPS) is 13.8. The fourth-order valence-corrected chi connectivity index (χ4v) is 2.48. The summed E-state index contributed by atoms with van der Waals surface area (Å²) in [5.41, 5.74) is 0.950. The summed E-state index contributed by atoms with van der Waals surface area (Å²) >= 11 is 4.39. The maximum atomic E-state index is 11.9. The van der Waals surface area contributed by atoms with Crippen molar-refractivity contribution < 1.29 is 0 Å². The Morgan fingerprint density at radius 2 is 2.00 bits per heavy atom. The van der Waals surface area contributed by atoms with Gasteiger partial charge in [-0.05, 0) is 30.9 Å². The first-order valence-electron chi connectivity index (χ1n) is 5.91. The summed E-state index contributed by atoms with van der Waals surface area (Å²) in [7, 11) is 0. The second-order valence-corrected chi connectivity index (χ2v) is 6.00. The lowest BCUT2D eigenvalue weighted by molar-refractivity contribution is 0.234. The van der Waals surface area contributed by atoms with E-state index < -0.39 is 0 Å². The van der Waals surface area contributed by atoms with Crippen LogP contribution in [0.25, 0.3) is 0 Å². The van der Waals surface area contributed by atoms with Crippen LogP contribution in [0.2, 0.25) is 0 Å². The maximum absolute atomic E-state index is 11.9. The molecule has 1 aromatic heterocycles. The first-order chi connectivity index (χ1) is 7.75. The van der Waals surface area contributed by atoms with Gasteiger partial charge in [-0.15, -0.1) is 0 Å². The molecule has 0 saturated carbocycles. The molecule has 0 aromatic carbocycles. The quantitative estimate of drug-likeness (QED) is 0.841. The van der Waals surface area contributed by atoms with Gasteiger partial charge in [-0.25, -0.2) is 4.98 Å². The van der Waals surface area contributed by atoms with Gasteiger partial charge in [-0.2, -0.15) is 12.6 Å². The number of nitrogens with zero attached hydrogens (tertiary/aromatic N) is 2. The van der Waals surface area contributed by atoms with Crippen LogP contribution in [0.1, 0.15) is 32.3 Å². The van der Waals surface area contributed by atoms with Crippen molar-refractivity contribution in [3.63, 3.8) is 0 Å². The van der Waals surface area contributed by atoms with E-state index in [1.165, 1.54) is 0 Å². The van der Waals surface area contributed by atoms with Gasteiger partial charge in [0.1, 0.15) is 5.82 Å². The molecule has 0 N–H and O–H groups in total. The van der Waals surface area contributed by atoms with E-state index in [-0.39, 0.29) is 11.0 Å². The third-order valence-electron chi connectivity index (χ3n) is 3.18. The fraction of sp³-hybridized carbons (Fsp3) is 0.692. The van der Waals surface area contributed by atoms with Gasteiger partial charge in [0.25, 0.3) is 5.56 Å². The first-order valence-corrected chi connectivity index (χ1v) is 6.55. The van der Waals surface area contributed by atoms with Crippen molar-refractivity contribution in [2.24, 2.45) is 11.3 Å². The average Bonchev–Trinajstić information content (AvgIpc) is 2.14. The Balaban J connectivity index is 3.07. The zero-order valence-electron chi connectivity index (χ0n) is 11.3. The van der Waals surface area contributed by atoms with Gasteiger partial charge < -0.3 is 0 Å². The van der Waals surface area contributed by atoms with E-state index in [1.807, 2.05) is 13.8 Å². The van der Waals surface area contributed by atoms with Crippen molar-refractivity contribution in [2.75, 3.05) is 5.75 Å². The molecular weight excluding hydrogens is 232 g/mol. The molecule has 0 aliphatic heterocycles. The molecule has 0 spiro atoms. The van der Waals surface area contributed by atoms with Crippen LogP contribution in [0.5, 0.6) is 0 Å². The Morgan fingerprint density at radius 3 is 2.41 bits per heavy atom. The van der Waals surface area contributed by atoms with Gasteiger partial charge in [0.05, 0.1) is 0 Å². The minimum absolute atomic E-state index is 0.0334. The lowest BCUT2D eigenvalue weighted by Gasteiger charge is -2.30. The predicted octanol–water partition coefficient (Wildman–Crippen LogP) is 2.45. The minimum Gasteiger partial charge on any atom is -0.297 e. The molecule has 1 unspecified atom stereocenters. The van der Waals surface area contributed by atoms with Crippen molar-refractivity contribution in [3.8, 4) is 0 Å². The first kappa shape index (κ1) is 14.3. The molecule has 0 fully saturated rings. The Hall–Kier alpha value is -0.770. The largest absolute Gasteiger partial charge is 0.297 e. The molecule has 17 heavy (non-hydrogen) atoms. The van der Waals surface area contributed by atoms with Crippen LogP contribution in [-0.2, 0) is 6.54 Å². The summed E-state index contributed by atoms with van der Waals surface area (Å²) in [5.74, 6) is 1.90. The smallest absolute Gasteiger partial charge is 0.253 e. The Morgan fingerprint density at radius 1 is 1.41 bits per heavy atom. The van der Waals surface area contributed by atoms with Crippen LogP contribution in [-0.4, -0.2) is 15.3 Å². The molecule has 0 bridgehead atoms. The van der Waals surface area contributed by atoms with Crippen molar-refractivity contribution in [2.45, 2.75) is 41.2 Å². The van der Waals surface area contributed by atoms with E-state index in [1.54, 1.807) is 10.6 Å². The average molecular weight is 254 g/mol. The van der Waals surface area contributed by atoms with E-state index in [4.69, 9.17) is 0 Å². The van der Waals surface area contributed by atoms with Crippen molar-refractivity contribution in [1.82, 2.24) is 9.55 Å². The summed E-state index contributed by atoms with van der Waals surface area (Å²) < 4.78 is 1.75. The molecule has 1 aromatic rings. The topological polar surface area (TPSA) is 34.9 Å². The van der Waals surface area contributed by atoms with Crippen molar-refractivity contribution >= 4 is 12.6 Å². The van der Waals surface area contributed by atoms with Gasteiger partial charge in [0, 0.05) is 18.3 Å². The second-order valence-electron chi connectivity index (χ2n) is 5.64.